The largest absolute Gasteiger partial charge is 0.481 e. The van der Waals surface area contributed by atoms with Crippen molar-refractivity contribution in [3.8, 4) is 0 Å². The molecule has 0 amide bonds. The fourth-order valence-electron chi connectivity index (χ4n) is 2.19. The molecular weight excluding hydrogens is 269 g/mol. The zero-order valence-electron chi connectivity index (χ0n) is 11.9. The van der Waals surface area contributed by atoms with Crippen LogP contribution in [0.3, 0.4) is 0 Å². The lowest BCUT2D eigenvalue weighted by atomic mass is 10.1. The van der Waals surface area contributed by atoms with E-state index in [4.69, 9.17) is 5.11 Å². The standard InChI is InChI=1S/C17H18FNO2/c1-13-11-14(7-8-16(13)18)12-19(10-9-17(20)21)15-5-3-2-4-6-15/h2-8,11H,9-10,12H2,1H3,(H,20,21). The molecule has 0 spiro atoms. The van der Waals surface area contributed by atoms with Crippen LogP contribution in [0, 0.1) is 12.7 Å². The van der Waals surface area contributed by atoms with Gasteiger partial charge in [-0.25, -0.2) is 4.39 Å². The molecule has 0 radical (unpaired) electrons. The Hall–Kier alpha value is -2.36. The van der Waals surface area contributed by atoms with E-state index in [2.05, 4.69) is 0 Å². The summed E-state index contributed by atoms with van der Waals surface area (Å²) in [7, 11) is 0. The number of rotatable bonds is 6. The molecule has 1 N–H and O–H groups in total. The molecule has 0 saturated carbocycles. The van der Waals surface area contributed by atoms with Gasteiger partial charge in [0, 0.05) is 18.8 Å². The van der Waals surface area contributed by atoms with Gasteiger partial charge >= 0.3 is 5.97 Å². The summed E-state index contributed by atoms with van der Waals surface area (Å²) in [6.45, 7) is 2.69. The number of nitrogens with zero attached hydrogens (tertiary/aromatic N) is 1. The third-order valence-corrected chi connectivity index (χ3v) is 3.31. The molecule has 0 aliphatic rings. The molecule has 0 heterocycles. The van der Waals surface area contributed by atoms with Crippen LogP contribution in [0.5, 0.6) is 0 Å². The van der Waals surface area contributed by atoms with Crippen LogP contribution in [-0.4, -0.2) is 17.6 Å². The molecular formula is C17H18FNO2. The smallest absolute Gasteiger partial charge is 0.305 e. The van der Waals surface area contributed by atoms with Crippen molar-refractivity contribution in [1.29, 1.82) is 0 Å². The molecule has 110 valence electrons. The maximum Gasteiger partial charge on any atom is 0.305 e. The van der Waals surface area contributed by atoms with Crippen molar-refractivity contribution in [2.75, 3.05) is 11.4 Å². The van der Waals surface area contributed by atoms with Crippen molar-refractivity contribution in [2.24, 2.45) is 0 Å². The van der Waals surface area contributed by atoms with Crippen molar-refractivity contribution in [2.45, 2.75) is 19.9 Å². The quantitative estimate of drug-likeness (QED) is 0.882. The highest BCUT2D eigenvalue weighted by Crippen LogP contribution is 2.18. The number of anilines is 1. The molecule has 0 saturated heterocycles. The summed E-state index contributed by atoms with van der Waals surface area (Å²) in [5, 5.41) is 8.88. The number of benzene rings is 2. The average molecular weight is 287 g/mol. The van der Waals surface area contributed by atoms with Gasteiger partial charge in [0.05, 0.1) is 6.42 Å². The lowest BCUT2D eigenvalue weighted by Gasteiger charge is -2.24. The highest BCUT2D eigenvalue weighted by molar-refractivity contribution is 5.67. The van der Waals surface area contributed by atoms with Gasteiger partial charge in [-0.15, -0.1) is 0 Å². The number of hydrogen-bond donors (Lipinski definition) is 1. The van der Waals surface area contributed by atoms with Crippen molar-refractivity contribution in [1.82, 2.24) is 0 Å². The van der Waals surface area contributed by atoms with Gasteiger partial charge < -0.3 is 10.0 Å². The first-order valence-electron chi connectivity index (χ1n) is 6.83. The zero-order chi connectivity index (χ0) is 15.2. The molecule has 0 aliphatic carbocycles. The second-order valence-corrected chi connectivity index (χ2v) is 4.98. The van der Waals surface area contributed by atoms with Gasteiger partial charge in [-0.1, -0.05) is 30.3 Å². The third kappa shape index (κ3) is 4.31. The molecule has 3 nitrogen and oxygen atoms in total. The lowest BCUT2D eigenvalue weighted by molar-refractivity contribution is -0.136. The average Bonchev–Trinajstić information content (AvgIpc) is 2.48. The number of aliphatic carboxylic acids is 1. The Morgan fingerprint density at radius 3 is 2.52 bits per heavy atom. The molecule has 0 unspecified atom stereocenters. The first kappa shape index (κ1) is 15.0. The van der Waals surface area contributed by atoms with Gasteiger partial charge in [-0.2, -0.15) is 0 Å². The minimum Gasteiger partial charge on any atom is -0.481 e. The van der Waals surface area contributed by atoms with E-state index < -0.39 is 5.97 Å². The van der Waals surface area contributed by atoms with E-state index in [9.17, 15) is 9.18 Å². The zero-order valence-corrected chi connectivity index (χ0v) is 11.9. The number of para-hydroxylation sites is 1. The van der Waals surface area contributed by atoms with E-state index in [0.717, 1.165) is 11.3 Å². The van der Waals surface area contributed by atoms with Gasteiger partial charge in [0.1, 0.15) is 5.82 Å². The Balaban J connectivity index is 2.18. The highest BCUT2D eigenvalue weighted by Gasteiger charge is 2.10. The topological polar surface area (TPSA) is 40.5 Å². The van der Waals surface area contributed by atoms with Crippen molar-refractivity contribution >= 4 is 11.7 Å². The van der Waals surface area contributed by atoms with Crippen molar-refractivity contribution < 1.29 is 14.3 Å². The van der Waals surface area contributed by atoms with E-state index in [0.29, 0.717) is 18.7 Å². The Labute approximate surface area is 123 Å². The van der Waals surface area contributed by atoms with Crippen molar-refractivity contribution in [3.63, 3.8) is 0 Å². The molecule has 0 aliphatic heterocycles. The number of carboxylic acids is 1. The molecule has 0 bridgehead atoms. The summed E-state index contributed by atoms with van der Waals surface area (Å²) in [6, 6.07) is 14.6. The maximum absolute atomic E-state index is 13.3. The fourth-order valence-corrected chi connectivity index (χ4v) is 2.19. The minimum atomic E-state index is -0.828. The van der Waals surface area contributed by atoms with Crippen LogP contribution < -0.4 is 4.90 Å². The monoisotopic (exact) mass is 287 g/mol. The minimum absolute atomic E-state index is 0.0646. The first-order valence-corrected chi connectivity index (χ1v) is 6.83. The Morgan fingerprint density at radius 1 is 1.19 bits per heavy atom. The van der Waals surface area contributed by atoms with Crippen LogP contribution in [0.1, 0.15) is 17.5 Å². The summed E-state index contributed by atoms with van der Waals surface area (Å²) in [6.07, 6.45) is 0.0646. The van der Waals surface area contributed by atoms with Crippen LogP contribution in [0.2, 0.25) is 0 Å². The molecule has 0 atom stereocenters. The molecule has 2 aromatic carbocycles. The van der Waals surface area contributed by atoms with E-state index >= 15 is 0 Å². The summed E-state index contributed by atoms with van der Waals surface area (Å²) in [5.74, 6) is -1.05. The Bertz CT molecular complexity index is 613. The second-order valence-electron chi connectivity index (χ2n) is 4.98. The van der Waals surface area contributed by atoms with Gasteiger partial charge in [-0.3, -0.25) is 4.79 Å². The van der Waals surface area contributed by atoms with Gasteiger partial charge in [-0.05, 0) is 36.2 Å². The van der Waals surface area contributed by atoms with Crippen molar-refractivity contribution in [3.05, 3.63) is 65.5 Å². The van der Waals surface area contributed by atoms with E-state index in [1.54, 1.807) is 19.1 Å². The lowest BCUT2D eigenvalue weighted by Crippen LogP contribution is -2.25. The maximum atomic E-state index is 13.3. The number of carbonyl (C=O) groups is 1. The summed E-state index contributed by atoms with van der Waals surface area (Å²) in [4.78, 5) is 12.8. The van der Waals surface area contributed by atoms with Crippen LogP contribution in [0.4, 0.5) is 10.1 Å². The summed E-state index contributed by atoms with van der Waals surface area (Å²) < 4.78 is 13.3. The molecule has 4 heteroatoms. The number of aryl methyl sites for hydroxylation is 1. The molecule has 0 aromatic heterocycles. The molecule has 0 fully saturated rings. The van der Waals surface area contributed by atoms with E-state index in [-0.39, 0.29) is 12.2 Å². The fraction of sp³-hybridized carbons (Fsp3) is 0.235. The van der Waals surface area contributed by atoms with Crippen LogP contribution >= 0.6 is 0 Å². The Kier molecular flexibility index (Phi) is 4.93. The van der Waals surface area contributed by atoms with Gasteiger partial charge in [0.25, 0.3) is 0 Å². The van der Waals surface area contributed by atoms with Gasteiger partial charge in [0.2, 0.25) is 0 Å². The van der Waals surface area contributed by atoms with E-state index in [1.165, 1.54) is 6.07 Å². The molecule has 2 aromatic rings. The number of hydrogen-bond acceptors (Lipinski definition) is 2. The van der Waals surface area contributed by atoms with Crippen LogP contribution in [-0.2, 0) is 11.3 Å². The summed E-state index contributed by atoms with van der Waals surface area (Å²) >= 11 is 0. The predicted molar refractivity (Wildman–Crippen MR) is 80.9 cm³/mol. The SMILES string of the molecule is Cc1cc(CN(CCC(=O)O)c2ccccc2)ccc1F. The van der Waals surface area contributed by atoms with Gasteiger partial charge in [0.15, 0.2) is 0 Å². The normalized spacial score (nSPS) is 10.4. The number of carboxylic acid groups (broad SMARTS) is 1. The predicted octanol–water partition coefficient (Wildman–Crippen LogP) is 3.62. The molecule has 21 heavy (non-hydrogen) atoms. The Morgan fingerprint density at radius 2 is 1.90 bits per heavy atom. The van der Waals surface area contributed by atoms with Crippen LogP contribution in [0.15, 0.2) is 48.5 Å². The van der Waals surface area contributed by atoms with Crippen LogP contribution in [0.25, 0.3) is 0 Å². The summed E-state index contributed by atoms with van der Waals surface area (Å²) in [5.41, 5.74) is 2.52. The number of halogens is 1. The molecule has 2 rings (SSSR count). The second kappa shape index (κ2) is 6.88. The first-order chi connectivity index (χ1) is 10.1. The third-order valence-electron chi connectivity index (χ3n) is 3.31. The van der Waals surface area contributed by atoms with E-state index in [1.807, 2.05) is 35.2 Å². The highest BCUT2D eigenvalue weighted by atomic mass is 19.1.